The highest BCUT2D eigenvalue weighted by Crippen LogP contribution is 2.08. The fraction of sp³-hybridized carbons (Fsp3) is 0.582. The van der Waals surface area contributed by atoms with E-state index in [0.717, 1.165) is 30.5 Å². The number of ether oxygens (including phenoxy) is 3. The second-order valence-electron chi connectivity index (χ2n) is 25.2. The number of benzene rings is 2. The third-order valence-corrected chi connectivity index (χ3v) is 14.3. The molecule has 1 aliphatic heterocycles. The summed E-state index contributed by atoms with van der Waals surface area (Å²) in [6.45, 7) is 9.70. The van der Waals surface area contributed by atoms with Crippen LogP contribution in [0.15, 0.2) is 60.7 Å². The number of nitrogens with one attached hydrogen (secondary N) is 5. The van der Waals surface area contributed by atoms with Crippen molar-refractivity contribution in [2.24, 2.45) is 92.1 Å². The number of nitrogens with two attached hydrogens (primary N) is 14. The van der Waals surface area contributed by atoms with Crippen LogP contribution in [0.3, 0.4) is 0 Å². The van der Waals surface area contributed by atoms with Crippen molar-refractivity contribution >= 4 is 121 Å². The maximum absolute atomic E-state index is 11.8. The second-order valence-corrected chi connectivity index (χ2v) is 25.9. The Balaban J connectivity index is -0.000000234. The third-order valence-electron chi connectivity index (χ3n) is 13.5. The minimum absolute atomic E-state index is 0.112. The van der Waals surface area contributed by atoms with E-state index in [1.54, 1.807) is 0 Å². The summed E-state index contributed by atoms with van der Waals surface area (Å²) >= 11 is 7.30. The highest BCUT2D eigenvalue weighted by molar-refractivity contribution is 7.80. The molecule has 116 heavy (non-hydrogen) atoms. The highest BCUT2D eigenvalue weighted by atomic mass is 32.1. The molecule has 47 nitrogen and oxygen atoms in total. The Morgan fingerprint density at radius 2 is 0.819 bits per heavy atom. The Labute approximate surface area is 680 Å². The zero-order valence-corrected chi connectivity index (χ0v) is 66.9. The average molecular weight is 1710 g/mol. The first-order valence-electron chi connectivity index (χ1n) is 34.9. The molecule has 49 heteroatoms. The molecule has 0 radical (unpaired) electrons. The van der Waals surface area contributed by atoms with Crippen LogP contribution in [-0.4, -0.2) is 281 Å². The molecule has 1 heterocycles. The summed E-state index contributed by atoms with van der Waals surface area (Å²) in [6, 6.07) is 6.58. The number of hydrogen-bond donors (Lipinski definition) is 32. The topological polar surface area (TPSA) is 937 Å². The average Bonchev–Trinajstić information content (AvgIpc) is 1.05. The number of aliphatic hydroxyl groups is 1. The van der Waals surface area contributed by atoms with E-state index in [9.17, 15) is 67.1 Å². The molecule has 0 bridgehead atoms. The van der Waals surface area contributed by atoms with Gasteiger partial charge in [0.1, 0.15) is 91.3 Å². The lowest BCUT2D eigenvalue weighted by atomic mass is 10.1. The Hall–Kier alpha value is -10.1. The molecule has 14 atom stereocenters. The number of carbonyl (C=O) groups is 14. The molecule has 666 valence electrons. The van der Waals surface area contributed by atoms with Gasteiger partial charge in [-0.05, 0) is 101 Å². The molecule has 0 amide bonds. The summed E-state index contributed by atoms with van der Waals surface area (Å²) in [6.07, 6.45) is 3.75. The van der Waals surface area contributed by atoms with Gasteiger partial charge >= 0.3 is 83.6 Å². The summed E-state index contributed by atoms with van der Waals surface area (Å²) in [5.41, 5.74) is 74.9. The highest BCUT2D eigenvalue weighted by Gasteiger charge is 2.29. The molecule has 3 rings (SSSR count). The van der Waals surface area contributed by atoms with Crippen molar-refractivity contribution in [3.63, 3.8) is 0 Å². The second kappa shape index (κ2) is 71.4. The van der Waals surface area contributed by atoms with Crippen molar-refractivity contribution in [3.8, 4) is 0 Å². The van der Waals surface area contributed by atoms with Crippen LogP contribution >= 0.6 is 25.3 Å². The number of aliphatic carboxylic acids is 10. The fourth-order valence-corrected chi connectivity index (χ4v) is 7.29. The van der Waals surface area contributed by atoms with E-state index in [0.29, 0.717) is 69.9 Å². The number of carboxylic acids is 10. The summed E-state index contributed by atoms with van der Waals surface area (Å²) in [4.78, 5) is 147. The van der Waals surface area contributed by atoms with Gasteiger partial charge in [0.25, 0.3) is 0 Å². The van der Waals surface area contributed by atoms with Crippen LogP contribution in [0.5, 0.6) is 0 Å². The molecule has 2 aromatic rings. The van der Waals surface area contributed by atoms with Gasteiger partial charge < -0.3 is 167 Å². The van der Waals surface area contributed by atoms with E-state index in [-0.39, 0.29) is 35.9 Å². The van der Waals surface area contributed by atoms with E-state index in [2.05, 4.69) is 45.9 Å². The van der Waals surface area contributed by atoms with Gasteiger partial charge in [-0.3, -0.25) is 68.4 Å². The summed E-state index contributed by atoms with van der Waals surface area (Å²) < 4.78 is 14.0. The van der Waals surface area contributed by atoms with Gasteiger partial charge in [0.15, 0.2) is 11.9 Å². The molecule has 2 aromatic carbocycles. The number of thiol groups is 2. The van der Waals surface area contributed by atoms with Gasteiger partial charge in [0, 0.05) is 24.6 Å². The smallest absolute Gasteiger partial charge is 0.330 e. The molecule has 1 saturated heterocycles. The van der Waals surface area contributed by atoms with Crippen molar-refractivity contribution in [1.82, 2.24) is 16.0 Å². The maximum atomic E-state index is 11.8. The number of guanidine groups is 2. The maximum Gasteiger partial charge on any atom is 0.330 e. The van der Waals surface area contributed by atoms with E-state index in [1.807, 2.05) is 88.4 Å². The number of rotatable bonds is 38. The van der Waals surface area contributed by atoms with Gasteiger partial charge in [0.05, 0.1) is 13.0 Å². The molecular formula is C67H123N19O28S2. The number of hydrogen-bond acceptors (Lipinski definition) is 35. The number of aliphatic hydroxyl groups excluding tert-OH is 1. The van der Waals surface area contributed by atoms with Crippen LogP contribution in [0.1, 0.15) is 104 Å². The van der Waals surface area contributed by atoms with E-state index in [1.165, 1.54) is 6.92 Å². The summed E-state index contributed by atoms with van der Waals surface area (Å²) in [5, 5.41) is 113. The number of carboxylic acid groups (broad SMARTS) is 10. The Bertz CT molecular complexity index is 3150. The molecule has 1 fully saturated rings. The standard InChI is InChI=1S/C15H23N5O3.C10H19N3O7.C9H11NO2.C6H14N4O2.2C6H13NO2.C5H9NO2.C4H7NO4.2C3H7NO2S/c16-11(7-4-8-20-15(18)19)13(21)23-14(22)12(17)9-10-5-2-1-3-6-10;1-4(20-9(17)5(11)2-14)7(13)10(18)19-3-6(12)8(15)16;10-8(9(11)12)6-7-4-2-1-3-5-7;7-4(5(11)12)2-1-3-10-6(8)9;2*1-4(2)3-5(7)6(8)9;7-5(8)4-2-1-3-6-4;5-2(4(8)9)1-3(6)7;2*4-2(1-7)3(5)6/h1-3,5-6,11-12H,4,7-9,16-17H2,(H4,18,19,20);4-7,14H,2-3,11-13H2,1H3,(H,15,16);1-5,8H,6,10H2,(H,11,12);4H,1-3,7H2,(H,11,12)(H4,8,9,10);2*4-5H,3,7H2,1-2H3,(H,8,9);4,6H,1-3H2,(H,7,8);2H,1,5H2,(H,6,7)(H,8,9);2*2,7H,1,4H2,(H,5,6)/t11-,12-;4-,5+,6+,7+;8-;4-;2*5-;4-;3*2-/m0100000000/s1. The largest absolute Gasteiger partial charge is 0.481 e. The number of carbonyl (C=O) groups excluding carboxylic acids is 4. The molecule has 0 unspecified atom stereocenters. The van der Waals surface area contributed by atoms with Crippen LogP contribution in [0.4, 0.5) is 0 Å². The third kappa shape index (κ3) is 74.0. The molecule has 1 aliphatic rings. The molecule has 0 aromatic heterocycles. The summed E-state index contributed by atoms with van der Waals surface area (Å²) in [7, 11) is 0. The van der Waals surface area contributed by atoms with Gasteiger partial charge in [-0.15, -0.1) is 0 Å². The molecule has 44 N–H and O–H groups in total. The zero-order valence-electron chi connectivity index (χ0n) is 65.1. The Kier molecular flexibility index (Phi) is 73.4. The lowest BCUT2D eigenvalue weighted by molar-refractivity contribution is -0.162. The van der Waals surface area contributed by atoms with Gasteiger partial charge in [0.2, 0.25) is 0 Å². The van der Waals surface area contributed by atoms with Gasteiger partial charge in [-0.2, -0.15) is 25.3 Å². The Morgan fingerprint density at radius 3 is 1.09 bits per heavy atom. The molecule has 0 spiro atoms. The molecule has 0 saturated carbocycles. The van der Waals surface area contributed by atoms with Crippen LogP contribution in [0.25, 0.3) is 0 Å². The normalized spacial score (nSPS) is 14.7. The van der Waals surface area contributed by atoms with E-state index < -0.39 is 182 Å². The van der Waals surface area contributed by atoms with Crippen LogP contribution < -0.4 is 96.2 Å². The van der Waals surface area contributed by atoms with E-state index in [4.69, 9.17) is 157 Å². The van der Waals surface area contributed by atoms with Crippen molar-refractivity contribution < 1.29 is 138 Å². The minimum atomic E-state index is -1.37. The van der Waals surface area contributed by atoms with Crippen LogP contribution in [-0.2, 0) is 94.2 Å². The first-order valence-corrected chi connectivity index (χ1v) is 36.1. The first kappa shape index (κ1) is 119. The molecular weight excluding hydrogens is 1580 g/mol. The quantitative estimate of drug-likeness (QED) is 0.00565. The van der Waals surface area contributed by atoms with Crippen molar-refractivity contribution in [3.05, 3.63) is 71.8 Å². The SMILES string of the molecule is CC(C)C[C@H](N)C(=O)O.CC(C)C[C@H](N)C(=O)O.C[C@@H](OC(=O)[C@@H](N)CO)[C@H](N)C(=O)OC[C@H](N)C(=O)O.N=C(N)NCCC[C@H](N)C(=O)O.N=C(N)NCCC[C@H](N)C(=O)OC(=O)[C@@H](N)Cc1ccccc1.N[C@@H](CC(=O)O)C(=O)O.N[C@@H](CS)C(=O)O.N[C@@H](CS)C(=O)O.N[C@@H](Cc1ccccc1)C(=O)O.O=C(O)[C@@H]1CCCN1. The van der Waals surface area contributed by atoms with E-state index >= 15 is 0 Å². The lowest BCUT2D eigenvalue weighted by Crippen LogP contribution is -2.48. The Morgan fingerprint density at radius 1 is 0.466 bits per heavy atom. The predicted molar refractivity (Wildman–Crippen MR) is 428 cm³/mol. The van der Waals surface area contributed by atoms with Crippen LogP contribution in [0, 0.1) is 22.7 Å². The summed E-state index contributed by atoms with van der Waals surface area (Å²) in [5.74, 6) is -13.0. The van der Waals surface area contributed by atoms with Gasteiger partial charge in [-0.1, -0.05) is 88.4 Å². The first-order chi connectivity index (χ1) is 53.6. The zero-order chi connectivity index (χ0) is 91.7. The van der Waals surface area contributed by atoms with Crippen molar-refractivity contribution in [2.75, 3.05) is 44.4 Å². The van der Waals surface area contributed by atoms with Gasteiger partial charge in [-0.25, -0.2) is 9.59 Å². The van der Waals surface area contributed by atoms with Crippen molar-refractivity contribution in [2.45, 2.75) is 190 Å². The molecule has 0 aliphatic carbocycles. The fourth-order valence-electron chi connectivity index (χ4n) is 6.98. The van der Waals surface area contributed by atoms with Crippen molar-refractivity contribution in [1.29, 1.82) is 10.8 Å². The predicted octanol–water partition coefficient (Wildman–Crippen LogP) is -6.72. The minimum Gasteiger partial charge on any atom is -0.481 e. The monoisotopic (exact) mass is 1710 g/mol. The lowest BCUT2D eigenvalue weighted by Gasteiger charge is -2.20. The van der Waals surface area contributed by atoms with Crippen LogP contribution in [0.2, 0.25) is 0 Å². The number of esters is 4.